The Hall–Kier alpha value is -3.90. The third kappa shape index (κ3) is 5.30. The van der Waals surface area contributed by atoms with E-state index >= 15 is 0 Å². The van der Waals surface area contributed by atoms with Crippen LogP contribution in [-0.2, 0) is 0 Å². The topological polar surface area (TPSA) is 81.5 Å². The molecule has 0 aromatic heterocycles. The molecule has 0 amide bonds. The van der Waals surface area contributed by atoms with Crippen LogP contribution in [-0.4, -0.2) is 17.8 Å². The predicted molar refractivity (Wildman–Crippen MR) is 130 cm³/mol. The van der Waals surface area contributed by atoms with Crippen LogP contribution in [0.5, 0.6) is 5.75 Å². The van der Waals surface area contributed by atoms with Crippen LogP contribution in [0.2, 0.25) is 5.02 Å². The standard InChI is InChI=1S/C26H21ClN2O4/c1-33-24-13-6-18-14-20(3-2-19(18)15-24)25(16-26(30)17-4-7-21(27)8-5-17)28-22-9-11-23(12-10-22)29(31)32/h2-15,25,28H,16H2,1H3. The second-order valence-corrected chi connectivity index (χ2v) is 8.04. The van der Waals surface area contributed by atoms with Gasteiger partial charge in [-0.15, -0.1) is 0 Å². The number of nitrogens with one attached hydrogen (secondary N) is 1. The average molecular weight is 461 g/mol. The number of carbonyl (C=O) groups is 1. The van der Waals surface area contributed by atoms with Crippen LogP contribution in [0.25, 0.3) is 10.8 Å². The first kappa shape index (κ1) is 22.3. The molecule has 0 radical (unpaired) electrons. The molecule has 1 unspecified atom stereocenters. The maximum Gasteiger partial charge on any atom is 0.269 e. The van der Waals surface area contributed by atoms with Gasteiger partial charge in [-0.3, -0.25) is 14.9 Å². The molecule has 0 fully saturated rings. The van der Waals surface area contributed by atoms with E-state index in [9.17, 15) is 14.9 Å². The minimum Gasteiger partial charge on any atom is -0.497 e. The number of fused-ring (bicyclic) bond motifs is 1. The number of ketones is 1. The molecular formula is C26H21ClN2O4. The zero-order chi connectivity index (χ0) is 23.4. The lowest BCUT2D eigenvalue weighted by Gasteiger charge is -2.21. The Labute approximate surface area is 195 Å². The molecule has 0 saturated heterocycles. The molecule has 0 saturated carbocycles. The van der Waals surface area contributed by atoms with Crippen LogP contribution < -0.4 is 10.1 Å². The number of hydrogen-bond donors (Lipinski definition) is 1. The Morgan fingerprint density at radius 2 is 1.64 bits per heavy atom. The van der Waals surface area contributed by atoms with E-state index in [2.05, 4.69) is 5.32 Å². The number of benzene rings is 4. The van der Waals surface area contributed by atoms with E-state index in [1.54, 1.807) is 43.5 Å². The summed E-state index contributed by atoms with van der Waals surface area (Å²) in [5, 5.41) is 16.9. The van der Waals surface area contributed by atoms with E-state index in [1.807, 2.05) is 36.4 Å². The highest BCUT2D eigenvalue weighted by Gasteiger charge is 2.19. The number of anilines is 1. The normalized spacial score (nSPS) is 11.7. The summed E-state index contributed by atoms with van der Waals surface area (Å²) < 4.78 is 5.30. The second kappa shape index (κ2) is 9.71. The van der Waals surface area contributed by atoms with Crippen LogP contribution in [0.3, 0.4) is 0 Å². The van der Waals surface area contributed by atoms with Crippen LogP contribution in [0.4, 0.5) is 11.4 Å². The molecule has 4 aromatic carbocycles. The number of rotatable bonds is 8. The maximum absolute atomic E-state index is 13.0. The number of non-ortho nitro benzene ring substituents is 1. The third-order valence-electron chi connectivity index (χ3n) is 5.45. The highest BCUT2D eigenvalue weighted by Crippen LogP contribution is 2.30. The van der Waals surface area contributed by atoms with Gasteiger partial charge in [0.2, 0.25) is 0 Å². The second-order valence-electron chi connectivity index (χ2n) is 7.61. The van der Waals surface area contributed by atoms with Crippen LogP contribution >= 0.6 is 11.6 Å². The van der Waals surface area contributed by atoms with E-state index in [-0.39, 0.29) is 23.9 Å². The molecule has 1 atom stereocenters. The highest BCUT2D eigenvalue weighted by atomic mass is 35.5. The molecule has 0 spiro atoms. The number of nitro benzene ring substituents is 1. The van der Waals surface area contributed by atoms with Gasteiger partial charge < -0.3 is 10.1 Å². The number of Topliss-reactive ketones (excluding diaryl/α,β-unsaturated/α-hetero) is 1. The molecule has 0 heterocycles. The molecule has 4 rings (SSSR count). The van der Waals surface area contributed by atoms with Gasteiger partial charge in [-0.2, -0.15) is 0 Å². The molecule has 6 nitrogen and oxygen atoms in total. The predicted octanol–water partition coefficient (Wildman–Crippen LogP) is 6.84. The van der Waals surface area contributed by atoms with Crippen molar-refractivity contribution in [2.24, 2.45) is 0 Å². The molecule has 0 bridgehead atoms. The van der Waals surface area contributed by atoms with Crippen molar-refractivity contribution in [3.63, 3.8) is 0 Å². The fraction of sp³-hybridized carbons (Fsp3) is 0.115. The highest BCUT2D eigenvalue weighted by molar-refractivity contribution is 6.30. The van der Waals surface area contributed by atoms with Crippen LogP contribution in [0.15, 0.2) is 84.9 Å². The van der Waals surface area contributed by atoms with Gasteiger partial charge >= 0.3 is 0 Å². The Balaban J connectivity index is 1.66. The van der Waals surface area contributed by atoms with E-state index in [0.717, 1.165) is 22.1 Å². The summed E-state index contributed by atoms with van der Waals surface area (Å²) in [6.45, 7) is 0. The fourth-order valence-corrected chi connectivity index (χ4v) is 3.78. The number of hydrogen-bond acceptors (Lipinski definition) is 5. The summed E-state index contributed by atoms with van der Waals surface area (Å²) in [6, 6.07) is 24.4. The monoisotopic (exact) mass is 460 g/mol. The molecule has 4 aromatic rings. The zero-order valence-corrected chi connectivity index (χ0v) is 18.6. The molecular weight excluding hydrogens is 440 g/mol. The molecule has 0 aliphatic carbocycles. The number of methoxy groups -OCH3 is 1. The lowest BCUT2D eigenvalue weighted by molar-refractivity contribution is -0.384. The molecule has 166 valence electrons. The van der Waals surface area contributed by atoms with Crippen molar-refractivity contribution in [3.8, 4) is 5.75 Å². The Kier molecular flexibility index (Phi) is 6.56. The Morgan fingerprint density at radius 3 is 2.30 bits per heavy atom. The van der Waals surface area contributed by atoms with Gasteiger partial charge in [-0.05, 0) is 70.9 Å². The molecule has 7 heteroatoms. The number of halogens is 1. The van der Waals surface area contributed by atoms with Crippen LogP contribution in [0.1, 0.15) is 28.4 Å². The van der Waals surface area contributed by atoms with Crippen molar-refractivity contribution in [2.45, 2.75) is 12.5 Å². The maximum atomic E-state index is 13.0. The summed E-state index contributed by atoms with van der Waals surface area (Å²) in [5.41, 5.74) is 2.19. The molecule has 1 N–H and O–H groups in total. The Morgan fingerprint density at radius 1 is 0.970 bits per heavy atom. The van der Waals surface area contributed by atoms with Crippen LogP contribution in [0, 0.1) is 10.1 Å². The van der Waals surface area contributed by atoms with Crippen molar-refractivity contribution in [2.75, 3.05) is 12.4 Å². The molecule has 0 aliphatic rings. The van der Waals surface area contributed by atoms with E-state index < -0.39 is 4.92 Å². The molecule has 0 aliphatic heterocycles. The number of nitrogens with zero attached hydrogens (tertiary/aromatic N) is 1. The van der Waals surface area contributed by atoms with Crippen molar-refractivity contribution in [3.05, 3.63) is 111 Å². The fourth-order valence-electron chi connectivity index (χ4n) is 3.66. The lowest BCUT2D eigenvalue weighted by atomic mass is 9.95. The largest absolute Gasteiger partial charge is 0.497 e. The van der Waals surface area contributed by atoms with Crippen molar-refractivity contribution >= 4 is 39.5 Å². The van der Waals surface area contributed by atoms with Gasteiger partial charge in [0.25, 0.3) is 5.69 Å². The summed E-state index contributed by atoms with van der Waals surface area (Å²) >= 11 is 5.96. The van der Waals surface area contributed by atoms with Gasteiger partial charge in [0, 0.05) is 34.8 Å². The van der Waals surface area contributed by atoms with Crippen molar-refractivity contribution < 1.29 is 14.5 Å². The summed E-state index contributed by atoms with van der Waals surface area (Å²) in [5.74, 6) is 0.731. The van der Waals surface area contributed by atoms with Crippen molar-refractivity contribution in [1.82, 2.24) is 0 Å². The van der Waals surface area contributed by atoms with Gasteiger partial charge in [0.05, 0.1) is 18.1 Å². The smallest absolute Gasteiger partial charge is 0.269 e. The SMILES string of the molecule is COc1ccc2cc(C(CC(=O)c3ccc(Cl)cc3)Nc3ccc([N+](=O)[O-])cc3)ccc2c1. The van der Waals surface area contributed by atoms with Crippen molar-refractivity contribution in [1.29, 1.82) is 0 Å². The molecule has 33 heavy (non-hydrogen) atoms. The quantitative estimate of drug-likeness (QED) is 0.177. The Bertz CT molecular complexity index is 1300. The summed E-state index contributed by atoms with van der Waals surface area (Å²) in [6.07, 6.45) is 0.195. The number of carbonyl (C=O) groups excluding carboxylic acids is 1. The first-order chi connectivity index (χ1) is 15.9. The van der Waals surface area contributed by atoms with E-state index in [1.165, 1.54) is 12.1 Å². The van der Waals surface area contributed by atoms with E-state index in [0.29, 0.717) is 16.3 Å². The lowest BCUT2D eigenvalue weighted by Crippen LogP contribution is -2.16. The first-order valence-electron chi connectivity index (χ1n) is 10.3. The van der Waals surface area contributed by atoms with Gasteiger partial charge in [0.1, 0.15) is 5.75 Å². The number of ether oxygens (including phenoxy) is 1. The minimum atomic E-state index is -0.442. The van der Waals surface area contributed by atoms with E-state index in [4.69, 9.17) is 16.3 Å². The summed E-state index contributed by atoms with van der Waals surface area (Å²) in [4.78, 5) is 23.6. The third-order valence-corrected chi connectivity index (χ3v) is 5.70. The van der Waals surface area contributed by atoms with Gasteiger partial charge in [-0.25, -0.2) is 0 Å². The summed E-state index contributed by atoms with van der Waals surface area (Å²) in [7, 11) is 1.63. The van der Waals surface area contributed by atoms with Gasteiger partial charge in [0.15, 0.2) is 5.78 Å². The number of nitro groups is 1. The van der Waals surface area contributed by atoms with Gasteiger partial charge in [-0.1, -0.05) is 29.8 Å². The minimum absolute atomic E-state index is 0.00833. The zero-order valence-electron chi connectivity index (χ0n) is 17.8. The average Bonchev–Trinajstić information content (AvgIpc) is 2.83. The first-order valence-corrected chi connectivity index (χ1v) is 10.7.